The van der Waals surface area contributed by atoms with Gasteiger partial charge in [-0.05, 0) is 42.3 Å². The van der Waals surface area contributed by atoms with Crippen molar-refractivity contribution in [2.45, 2.75) is 13.5 Å². The summed E-state index contributed by atoms with van der Waals surface area (Å²) in [6.45, 7) is 2.35. The predicted octanol–water partition coefficient (Wildman–Crippen LogP) is 1.35. The molecule has 6 nitrogen and oxygen atoms in total. The zero-order valence-corrected chi connectivity index (χ0v) is 12.0. The molecule has 0 bridgehead atoms. The van der Waals surface area contributed by atoms with Gasteiger partial charge in [-0.15, -0.1) is 0 Å². The molecule has 0 radical (unpaired) electrons. The number of nitrogens with zero attached hydrogens (tertiary/aromatic N) is 3. The van der Waals surface area contributed by atoms with Gasteiger partial charge < -0.3 is 0 Å². The summed E-state index contributed by atoms with van der Waals surface area (Å²) in [6, 6.07) is 8.92. The number of hydrogen-bond donors (Lipinski definition) is 1. The zero-order chi connectivity index (χ0) is 15.5. The summed E-state index contributed by atoms with van der Waals surface area (Å²) in [7, 11) is 0. The van der Waals surface area contributed by atoms with Gasteiger partial charge in [0.1, 0.15) is 0 Å². The molecule has 0 aliphatic heterocycles. The Bertz CT molecular complexity index is 927. The highest BCUT2D eigenvalue weighted by atomic mass is 16.2. The first-order chi connectivity index (χ1) is 10.6. The molecular weight excluding hydrogens is 280 g/mol. The first kappa shape index (κ1) is 13.9. The van der Waals surface area contributed by atoms with Crippen LogP contribution in [0.15, 0.2) is 58.5 Å². The third-order valence-electron chi connectivity index (χ3n) is 3.25. The van der Waals surface area contributed by atoms with E-state index < -0.39 is 11.2 Å². The van der Waals surface area contributed by atoms with Gasteiger partial charge in [-0.2, -0.15) is 0 Å². The lowest BCUT2D eigenvalue weighted by molar-refractivity contribution is 0.720. The Morgan fingerprint density at radius 2 is 1.77 bits per heavy atom. The molecular formula is C16H14N4O2. The van der Waals surface area contributed by atoms with Crippen LogP contribution < -0.4 is 11.2 Å². The van der Waals surface area contributed by atoms with Crippen LogP contribution in [-0.4, -0.2) is 19.5 Å². The van der Waals surface area contributed by atoms with Crippen molar-refractivity contribution >= 4 is 0 Å². The highest BCUT2D eigenvalue weighted by Gasteiger charge is 2.04. The van der Waals surface area contributed by atoms with Crippen LogP contribution in [0, 0.1) is 6.92 Å². The number of H-pyrrole nitrogens is 1. The molecule has 0 aromatic carbocycles. The van der Waals surface area contributed by atoms with Crippen LogP contribution in [0.5, 0.6) is 0 Å². The maximum atomic E-state index is 11.7. The third kappa shape index (κ3) is 3.01. The van der Waals surface area contributed by atoms with E-state index in [1.54, 1.807) is 12.4 Å². The van der Waals surface area contributed by atoms with Crippen LogP contribution in [0.25, 0.3) is 11.4 Å². The van der Waals surface area contributed by atoms with Crippen molar-refractivity contribution in [3.8, 4) is 11.4 Å². The number of pyridine rings is 2. The maximum Gasteiger partial charge on any atom is 0.328 e. The molecule has 3 aromatic heterocycles. The van der Waals surface area contributed by atoms with Gasteiger partial charge in [0.2, 0.25) is 0 Å². The molecule has 0 amide bonds. The number of rotatable bonds is 3. The van der Waals surface area contributed by atoms with Crippen LogP contribution in [0.3, 0.4) is 0 Å². The topological polar surface area (TPSA) is 80.6 Å². The number of aryl methyl sites for hydroxylation is 1. The van der Waals surface area contributed by atoms with E-state index in [4.69, 9.17) is 0 Å². The minimum absolute atomic E-state index is 0.358. The quantitative estimate of drug-likeness (QED) is 0.790. The Hall–Kier alpha value is -3.02. The fourth-order valence-electron chi connectivity index (χ4n) is 2.15. The van der Waals surface area contributed by atoms with E-state index in [1.165, 1.54) is 16.8 Å². The highest BCUT2D eigenvalue weighted by molar-refractivity contribution is 5.55. The lowest BCUT2D eigenvalue weighted by Crippen LogP contribution is -2.28. The van der Waals surface area contributed by atoms with E-state index in [0.717, 1.165) is 22.5 Å². The number of aromatic amines is 1. The molecule has 0 saturated carbocycles. The molecule has 0 unspecified atom stereocenters. The Balaban J connectivity index is 1.94. The monoisotopic (exact) mass is 294 g/mol. The van der Waals surface area contributed by atoms with E-state index >= 15 is 0 Å². The van der Waals surface area contributed by atoms with Gasteiger partial charge in [-0.1, -0.05) is 0 Å². The van der Waals surface area contributed by atoms with Crippen LogP contribution in [-0.2, 0) is 6.54 Å². The van der Waals surface area contributed by atoms with Gasteiger partial charge in [0.05, 0.1) is 17.9 Å². The molecule has 0 atom stereocenters. The van der Waals surface area contributed by atoms with E-state index in [1.807, 2.05) is 31.2 Å². The Kier molecular flexibility index (Phi) is 3.65. The van der Waals surface area contributed by atoms with Crippen molar-refractivity contribution in [3.63, 3.8) is 0 Å². The van der Waals surface area contributed by atoms with Crippen molar-refractivity contribution < 1.29 is 0 Å². The van der Waals surface area contributed by atoms with E-state index in [9.17, 15) is 9.59 Å². The molecule has 3 rings (SSSR count). The number of nitrogens with one attached hydrogen (secondary N) is 1. The van der Waals surface area contributed by atoms with E-state index in [2.05, 4.69) is 15.0 Å². The van der Waals surface area contributed by atoms with E-state index in [-0.39, 0.29) is 0 Å². The Morgan fingerprint density at radius 1 is 1.05 bits per heavy atom. The second-order valence-electron chi connectivity index (χ2n) is 5.01. The predicted molar refractivity (Wildman–Crippen MR) is 82.6 cm³/mol. The fourth-order valence-corrected chi connectivity index (χ4v) is 2.15. The molecule has 3 aromatic rings. The fraction of sp³-hybridized carbons (Fsp3) is 0.125. The summed E-state index contributed by atoms with van der Waals surface area (Å²) < 4.78 is 1.43. The lowest BCUT2D eigenvalue weighted by Gasteiger charge is -2.07. The molecule has 0 fully saturated rings. The molecule has 0 aliphatic rings. The average molecular weight is 294 g/mol. The van der Waals surface area contributed by atoms with Gasteiger partial charge in [0, 0.05) is 24.7 Å². The van der Waals surface area contributed by atoms with Crippen LogP contribution in [0.2, 0.25) is 0 Å². The minimum Gasteiger partial charge on any atom is -0.296 e. The summed E-state index contributed by atoms with van der Waals surface area (Å²) in [6.07, 6.45) is 4.91. The number of aromatic nitrogens is 4. The smallest absolute Gasteiger partial charge is 0.296 e. The van der Waals surface area contributed by atoms with Gasteiger partial charge in [0.25, 0.3) is 5.56 Å². The molecule has 3 heterocycles. The molecule has 22 heavy (non-hydrogen) atoms. The molecule has 0 spiro atoms. The number of hydrogen-bond acceptors (Lipinski definition) is 4. The van der Waals surface area contributed by atoms with Gasteiger partial charge in [-0.3, -0.25) is 24.3 Å². The van der Waals surface area contributed by atoms with Gasteiger partial charge >= 0.3 is 5.69 Å². The van der Waals surface area contributed by atoms with Crippen molar-refractivity contribution in [2.24, 2.45) is 0 Å². The first-order valence-corrected chi connectivity index (χ1v) is 6.79. The van der Waals surface area contributed by atoms with Crippen molar-refractivity contribution in [1.82, 2.24) is 19.5 Å². The minimum atomic E-state index is -0.431. The van der Waals surface area contributed by atoms with Gasteiger partial charge in [0.15, 0.2) is 0 Å². The molecule has 110 valence electrons. The third-order valence-corrected chi connectivity index (χ3v) is 3.25. The van der Waals surface area contributed by atoms with E-state index in [0.29, 0.717) is 6.54 Å². The SMILES string of the molecule is Cc1ccnc(-c2cc(Cn3ccc(=O)[nH]c3=O)ccn2)c1. The summed E-state index contributed by atoms with van der Waals surface area (Å²) in [5.74, 6) is 0. The standard InChI is InChI=1S/C16H14N4O2/c1-11-2-5-17-13(8-11)14-9-12(3-6-18-14)10-20-7-4-15(21)19-16(20)22/h2-9H,10H2,1H3,(H,19,21,22). The highest BCUT2D eigenvalue weighted by Crippen LogP contribution is 2.16. The van der Waals surface area contributed by atoms with Crippen LogP contribution >= 0.6 is 0 Å². The van der Waals surface area contributed by atoms with Crippen molar-refractivity contribution in [2.75, 3.05) is 0 Å². The van der Waals surface area contributed by atoms with Crippen LogP contribution in [0.1, 0.15) is 11.1 Å². The van der Waals surface area contributed by atoms with Crippen LogP contribution in [0.4, 0.5) is 0 Å². The molecule has 0 aliphatic carbocycles. The molecule has 6 heteroatoms. The second-order valence-corrected chi connectivity index (χ2v) is 5.01. The van der Waals surface area contributed by atoms with Crippen molar-refractivity contribution in [1.29, 1.82) is 0 Å². The summed E-state index contributed by atoms with van der Waals surface area (Å²) in [5.41, 5.74) is 2.71. The summed E-state index contributed by atoms with van der Waals surface area (Å²) in [4.78, 5) is 33.7. The lowest BCUT2D eigenvalue weighted by atomic mass is 10.1. The normalized spacial score (nSPS) is 10.6. The first-order valence-electron chi connectivity index (χ1n) is 6.79. The molecule has 1 N–H and O–H groups in total. The largest absolute Gasteiger partial charge is 0.328 e. The summed E-state index contributed by atoms with van der Waals surface area (Å²) in [5, 5.41) is 0. The summed E-state index contributed by atoms with van der Waals surface area (Å²) >= 11 is 0. The average Bonchev–Trinajstić information content (AvgIpc) is 2.50. The Labute approximate surface area is 126 Å². The second kappa shape index (κ2) is 5.77. The zero-order valence-electron chi connectivity index (χ0n) is 12.0. The Morgan fingerprint density at radius 3 is 2.50 bits per heavy atom. The maximum absolute atomic E-state index is 11.7. The molecule has 0 saturated heterocycles. The van der Waals surface area contributed by atoms with Gasteiger partial charge in [-0.25, -0.2) is 4.79 Å². The van der Waals surface area contributed by atoms with Crippen molar-refractivity contribution in [3.05, 3.63) is 80.9 Å².